The van der Waals surface area contributed by atoms with Crippen LogP contribution >= 0.6 is 0 Å². The molecular formula is C16H22F3N. The second kappa shape index (κ2) is 6.17. The van der Waals surface area contributed by atoms with E-state index in [4.69, 9.17) is 0 Å². The lowest BCUT2D eigenvalue weighted by Gasteiger charge is -2.25. The summed E-state index contributed by atoms with van der Waals surface area (Å²) < 4.78 is 38.2. The van der Waals surface area contributed by atoms with E-state index in [-0.39, 0.29) is 6.04 Å². The minimum atomic E-state index is -4.27. The van der Waals surface area contributed by atoms with Crippen LogP contribution in [0.25, 0.3) is 0 Å². The van der Waals surface area contributed by atoms with Gasteiger partial charge in [0.25, 0.3) is 0 Å². The fourth-order valence-electron chi connectivity index (χ4n) is 3.07. The number of nitrogens with one attached hydrogen (secondary N) is 1. The van der Waals surface area contributed by atoms with E-state index in [0.717, 1.165) is 6.07 Å². The maximum atomic E-state index is 12.7. The zero-order valence-corrected chi connectivity index (χ0v) is 12.0. The number of hydrogen-bond acceptors (Lipinski definition) is 1. The minimum absolute atomic E-state index is 0.0621. The van der Waals surface area contributed by atoms with Crippen molar-refractivity contribution >= 4 is 0 Å². The normalized spacial score (nSPS) is 20.1. The molecule has 1 aliphatic rings. The SMILES string of the molecule is CC(NC(C)C1CCCC1)c1cccc(C(F)(F)F)c1. The molecule has 0 aliphatic heterocycles. The molecule has 1 aliphatic carbocycles. The average molecular weight is 285 g/mol. The average Bonchev–Trinajstić information content (AvgIpc) is 2.91. The van der Waals surface area contributed by atoms with Crippen LogP contribution in [0.1, 0.15) is 56.7 Å². The highest BCUT2D eigenvalue weighted by Gasteiger charge is 2.31. The van der Waals surface area contributed by atoms with Crippen molar-refractivity contribution < 1.29 is 13.2 Å². The van der Waals surface area contributed by atoms with Gasteiger partial charge in [-0.25, -0.2) is 0 Å². The summed E-state index contributed by atoms with van der Waals surface area (Å²) in [5.41, 5.74) is 0.127. The molecule has 4 heteroatoms. The quantitative estimate of drug-likeness (QED) is 0.826. The Morgan fingerprint density at radius 3 is 2.40 bits per heavy atom. The van der Waals surface area contributed by atoms with Gasteiger partial charge in [0.2, 0.25) is 0 Å². The van der Waals surface area contributed by atoms with Crippen LogP contribution < -0.4 is 5.32 Å². The van der Waals surface area contributed by atoms with Gasteiger partial charge >= 0.3 is 6.18 Å². The minimum Gasteiger partial charge on any atom is -0.307 e. The summed E-state index contributed by atoms with van der Waals surface area (Å²) in [4.78, 5) is 0. The van der Waals surface area contributed by atoms with Gasteiger partial charge in [-0.05, 0) is 50.3 Å². The van der Waals surface area contributed by atoms with Gasteiger partial charge in [-0.1, -0.05) is 25.0 Å². The molecule has 0 aromatic heterocycles. The highest BCUT2D eigenvalue weighted by Crippen LogP contribution is 2.32. The van der Waals surface area contributed by atoms with E-state index in [1.54, 1.807) is 6.07 Å². The molecule has 0 saturated heterocycles. The van der Waals surface area contributed by atoms with Crippen molar-refractivity contribution in [3.8, 4) is 0 Å². The van der Waals surface area contributed by atoms with Crippen molar-refractivity contribution in [2.45, 2.75) is 57.8 Å². The monoisotopic (exact) mass is 285 g/mol. The molecule has 2 atom stereocenters. The molecule has 1 nitrogen and oxygen atoms in total. The van der Waals surface area contributed by atoms with E-state index in [1.165, 1.54) is 37.8 Å². The summed E-state index contributed by atoms with van der Waals surface area (Å²) in [6.45, 7) is 4.07. The Bertz CT molecular complexity index is 436. The van der Waals surface area contributed by atoms with E-state index in [2.05, 4.69) is 12.2 Å². The zero-order chi connectivity index (χ0) is 14.8. The number of hydrogen-bond donors (Lipinski definition) is 1. The predicted molar refractivity (Wildman–Crippen MR) is 74.4 cm³/mol. The Balaban J connectivity index is 2.03. The van der Waals surface area contributed by atoms with Crippen LogP contribution in [0.15, 0.2) is 24.3 Å². The summed E-state index contributed by atoms with van der Waals surface area (Å²) >= 11 is 0. The number of alkyl halides is 3. The number of benzene rings is 1. The molecule has 0 heterocycles. The molecule has 0 radical (unpaired) electrons. The Morgan fingerprint density at radius 2 is 1.80 bits per heavy atom. The summed E-state index contributed by atoms with van der Waals surface area (Å²) in [6.07, 6.45) is 0.725. The van der Waals surface area contributed by atoms with Crippen LogP contribution in [0.3, 0.4) is 0 Å². The van der Waals surface area contributed by atoms with Gasteiger partial charge in [0.15, 0.2) is 0 Å². The van der Waals surface area contributed by atoms with Gasteiger partial charge in [-0.15, -0.1) is 0 Å². The van der Waals surface area contributed by atoms with E-state index in [0.29, 0.717) is 17.5 Å². The smallest absolute Gasteiger partial charge is 0.307 e. The number of halogens is 3. The Hall–Kier alpha value is -1.03. The first-order valence-corrected chi connectivity index (χ1v) is 7.31. The molecule has 112 valence electrons. The molecule has 1 saturated carbocycles. The van der Waals surface area contributed by atoms with Crippen molar-refractivity contribution in [2.75, 3.05) is 0 Å². The fraction of sp³-hybridized carbons (Fsp3) is 0.625. The first-order chi connectivity index (χ1) is 9.38. The van der Waals surface area contributed by atoms with Gasteiger partial charge in [-0.2, -0.15) is 13.2 Å². The second-order valence-corrected chi connectivity index (χ2v) is 5.84. The van der Waals surface area contributed by atoms with Crippen molar-refractivity contribution in [3.05, 3.63) is 35.4 Å². The maximum absolute atomic E-state index is 12.7. The Morgan fingerprint density at radius 1 is 1.15 bits per heavy atom. The lowest BCUT2D eigenvalue weighted by atomic mass is 9.97. The third-order valence-electron chi connectivity index (χ3n) is 4.33. The first-order valence-electron chi connectivity index (χ1n) is 7.31. The van der Waals surface area contributed by atoms with Crippen LogP contribution in [-0.4, -0.2) is 6.04 Å². The van der Waals surface area contributed by atoms with E-state index < -0.39 is 11.7 Å². The lowest BCUT2D eigenvalue weighted by Crippen LogP contribution is -2.34. The van der Waals surface area contributed by atoms with Gasteiger partial charge in [0.1, 0.15) is 0 Å². The first kappa shape index (κ1) is 15.4. The van der Waals surface area contributed by atoms with E-state index in [9.17, 15) is 13.2 Å². The van der Waals surface area contributed by atoms with Gasteiger partial charge in [-0.3, -0.25) is 0 Å². The highest BCUT2D eigenvalue weighted by atomic mass is 19.4. The highest BCUT2D eigenvalue weighted by molar-refractivity contribution is 5.27. The van der Waals surface area contributed by atoms with Crippen molar-refractivity contribution in [3.63, 3.8) is 0 Å². The molecule has 2 rings (SSSR count). The van der Waals surface area contributed by atoms with Crippen LogP contribution in [-0.2, 0) is 6.18 Å². The van der Waals surface area contributed by atoms with Gasteiger partial charge in [0.05, 0.1) is 5.56 Å². The van der Waals surface area contributed by atoms with Crippen LogP contribution in [0.5, 0.6) is 0 Å². The summed E-state index contributed by atoms with van der Waals surface area (Å²) in [7, 11) is 0. The standard InChI is InChI=1S/C16H22F3N/c1-11(13-6-3-4-7-13)20-12(2)14-8-5-9-15(10-14)16(17,18)19/h5,8-13,20H,3-4,6-7H2,1-2H3. The van der Waals surface area contributed by atoms with Crippen LogP contribution in [0.2, 0.25) is 0 Å². The Kier molecular flexibility index (Phi) is 4.74. The molecule has 1 aromatic carbocycles. The van der Waals surface area contributed by atoms with Crippen molar-refractivity contribution in [1.29, 1.82) is 0 Å². The number of rotatable bonds is 4. The van der Waals surface area contributed by atoms with Crippen LogP contribution in [0, 0.1) is 5.92 Å². The molecule has 1 aromatic rings. The van der Waals surface area contributed by atoms with Gasteiger partial charge in [0, 0.05) is 12.1 Å². The summed E-state index contributed by atoms with van der Waals surface area (Å²) in [5, 5.41) is 3.45. The van der Waals surface area contributed by atoms with Crippen molar-refractivity contribution in [2.24, 2.45) is 5.92 Å². The molecule has 0 bridgehead atoms. The topological polar surface area (TPSA) is 12.0 Å². The van der Waals surface area contributed by atoms with E-state index in [1.807, 2.05) is 6.92 Å². The summed E-state index contributed by atoms with van der Waals surface area (Å²) in [6, 6.07) is 5.90. The molecule has 1 N–H and O–H groups in total. The Labute approximate surface area is 118 Å². The van der Waals surface area contributed by atoms with E-state index >= 15 is 0 Å². The van der Waals surface area contributed by atoms with Crippen LogP contribution in [0.4, 0.5) is 13.2 Å². The third kappa shape index (κ3) is 3.75. The molecule has 20 heavy (non-hydrogen) atoms. The molecule has 0 amide bonds. The largest absolute Gasteiger partial charge is 0.416 e. The fourth-order valence-corrected chi connectivity index (χ4v) is 3.07. The van der Waals surface area contributed by atoms with Gasteiger partial charge < -0.3 is 5.32 Å². The lowest BCUT2D eigenvalue weighted by molar-refractivity contribution is -0.137. The molecule has 1 fully saturated rings. The summed E-state index contributed by atoms with van der Waals surface area (Å²) in [5.74, 6) is 0.656. The maximum Gasteiger partial charge on any atom is 0.416 e. The molecule has 2 unspecified atom stereocenters. The molecular weight excluding hydrogens is 263 g/mol. The third-order valence-corrected chi connectivity index (χ3v) is 4.33. The zero-order valence-electron chi connectivity index (χ0n) is 12.0. The second-order valence-electron chi connectivity index (χ2n) is 5.84. The van der Waals surface area contributed by atoms with Crippen molar-refractivity contribution in [1.82, 2.24) is 5.32 Å². The molecule has 0 spiro atoms. The predicted octanol–water partition coefficient (Wildman–Crippen LogP) is 4.93.